The Kier molecular flexibility index (Phi) is 7.50. The topological polar surface area (TPSA) is 56.3 Å². The molecular weight excluding hydrogens is 416 g/mol. The number of carbonyl (C=O) groups is 2. The predicted molar refractivity (Wildman–Crippen MR) is 131 cm³/mol. The van der Waals surface area contributed by atoms with E-state index in [1.807, 2.05) is 34.1 Å². The van der Waals surface area contributed by atoms with Crippen LogP contribution in [0.5, 0.6) is 0 Å². The molecule has 0 unspecified atom stereocenters. The van der Waals surface area contributed by atoms with Crippen molar-refractivity contribution in [2.24, 2.45) is 0 Å². The number of methoxy groups -OCH3 is 1. The van der Waals surface area contributed by atoms with Crippen LogP contribution in [0.2, 0.25) is 0 Å². The van der Waals surface area contributed by atoms with E-state index in [-0.39, 0.29) is 12.0 Å². The molecule has 2 amide bonds. The molecule has 4 rings (SSSR count). The number of benzene rings is 2. The van der Waals surface area contributed by atoms with Crippen molar-refractivity contribution < 1.29 is 14.3 Å². The van der Waals surface area contributed by atoms with Gasteiger partial charge in [0.1, 0.15) is 0 Å². The van der Waals surface area contributed by atoms with Crippen molar-refractivity contribution >= 4 is 23.4 Å². The van der Waals surface area contributed by atoms with Gasteiger partial charge in [-0.3, -0.25) is 4.90 Å². The molecule has 0 saturated carbocycles. The largest absolute Gasteiger partial charge is 0.465 e. The van der Waals surface area contributed by atoms with Crippen molar-refractivity contribution in [3.63, 3.8) is 0 Å². The van der Waals surface area contributed by atoms with Gasteiger partial charge in [-0.1, -0.05) is 18.2 Å². The smallest absolute Gasteiger partial charge is 0.337 e. The van der Waals surface area contributed by atoms with Crippen LogP contribution in [-0.4, -0.2) is 75.2 Å². The van der Waals surface area contributed by atoms with Gasteiger partial charge >= 0.3 is 12.0 Å². The molecule has 2 fully saturated rings. The molecule has 7 heteroatoms. The minimum Gasteiger partial charge on any atom is -0.465 e. The van der Waals surface area contributed by atoms with E-state index in [1.54, 1.807) is 12.1 Å². The third-order valence-electron chi connectivity index (χ3n) is 6.58. The van der Waals surface area contributed by atoms with Gasteiger partial charge < -0.3 is 19.4 Å². The zero-order valence-corrected chi connectivity index (χ0v) is 19.7. The maximum absolute atomic E-state index is 13.6. The van der Waals surface area contributed by atoms with Crippen LogP contribution in [0.25, 0.3) is 0 Å². The highest BCUT2D eigenvalue weighted by Crippen LogP contribution is 2.27. The van der Waals surface area contributed by atoms with Gasteiger partial charge in [-0.05, 0) is 62.2 Å². The van der Waals surface area contributed by atoms with E-state index >= 15 is 0 Å². The number of urea groups is 1. The van der Waals surface area contributed by atoms with Gasteiger partial charge in [-0.2, -0.15) is 0 Å². The summed E-state index contributed by atoms with van der Waals surface area (Å²) in [7, 11) is 3.53. The molecule has 2 saturated heterocycles. The minimum atomic E-state index is -0.359. The first-order valence-corrected chi connectivity index (χ1v) is 11.8. The van der Waals surface area contributed by atoms with Crippen LogP contribution in [0.3, 0.4) is 0 Å². The Balaban J connectivity index is 1.59. The summed E-state index contributed by atoms with van der Waals surface area (Å²) in [6.07, 6.45) is 3.28. The van der Waals surface area contributed by atoms with Crippen molar-refractivity contribution in [3.05, 3.63) is 59.7 Å². The summed E-state index contributed by atoms with van der Waals surface area (Å²) in [6, 6.07) is 15.7. The Morgan fingerprint density at radius 3 is 2.27 bits per heavy atom. The molecule has 0 bridgehead atoms. The fraction of sp³-hybridized carbons (Fsp3) is 0.462. The first kappa shape index (κ1) is 23.1. The molecule has 7 nitrogen and oxygen atoms in total. The minimum absolute atomic E-state index is 0.0438. The maximum atomic E-state index is 13.6. The first-order valence-electron chi connectivity index (χ1n) is 11.8. The van der Waals surface area contributed by atoms with Gasteiger partial charge in [0.25, 0.3) is 0 Å². The van der Waals surface area contributed by atoms with Crippen LogP contribution in [0.1, 0.15) is 35.2 Å². The molecular formula is C26H34N4O3. The normalized spacial score (nSPS) is 17.0. The fourth-order valence-electron chi connectivity index (χ4n) is 4.49. The molecule has 0 N–H and O–H groups in total. The maximum Gasteiger partial charge on any atom is 0.337 e. The molecule has 0 spiro atoms. The number of likely N-dealkylation sites (tertiary alicyclic amines) is 1. The molecule has 0 aliphatic carbocycles. The van der Waals surface area contributed by atoms with E-state index < -0.39 is 0 Å². The summed E-state index contributed by atoms with van der Waals surface area (Å²) in [5, 5.41) is 0. The third kappa shape index (κ3) is 5.66. The van der Waals surface area contributed by atoms with Crippen molar-refractivity contribution in [2.45, 2.75) is 25.8 Å². The summed E-state index contributed by atoms with van der Waals surface area (Å²) in [4.78, 5) is 34.0. The van der Waals surface area contributed by atoms with E-state index in [0.29, 0.717) is 12.1 Å². The lowest BCUT2D eigenvalue weighted by Crippen LogP contribution is -2.46. The lowest BCUT2D eigenvalue weighted by molar-refractivity contribution is 0.0600. The van der Waals surface area contributed by atoms with Gasteiger partial charge in [-0.15, -0.1) is 0 Å². The quantitative estimate of drug-likeness (QED) is 0.648. The molecule has 2 aliphatic heterocycles. The van der Waals surface area contributed by atoms with Gasteiger partial charge in [0.05, 0.1) is 19.2 Å². The number of nitrogens with zero attached hydrogens (tertiary/aromatic N) is 4. The zero-order chi connectivity index (χ0) is 23.2. The van der Waals surface area contributed by atoms with Crippen LogP contribution in [0.15, 0.2) is 48.5 Å². The molecule has 33 heavy (non-hydrogen) atoms. The first-order chi connectivity index (χ1) is 16.0. The molecule has 2 aromatic carbocycles. The van der Waals surface area contributed by atoms with E-state index in [0.717, 1.165) is 69.0 Å². The Hall–Kier alpha value is -3.06. The van der Waals surface area contributed by atoms with Crippen LogP contribution in [0.4, 0.5) is 16.2 Å². The molecule has 0 aromatic heterocycles. The second-order valence-corrected chi connectivity index (χ2v) is 8.92. The van der Waals surface area contributed by atoms with Gasteiger partial charge in [0.2, 0.25) is 0 Å². The lowest BCUT2D eigenvalue weighted by atomic mass is 10.1. The van der Waals surface area contributed by atoms with Crippen LogP contribution in [0, 0.1) is 0 Å². The van der Waals surface area contributed by atoms with Gasteiger partial charge in [0, 0.05) is 50.6 Å². The van der Waals surface area contributed by atoms with E-state index in [1.165, 1.54) is 13.5 Å². The monoisotopic (exact) mass is 450 g/mol. The summed E-state index contributed by atoms with van der Waals surface area (Å²) >= 11 is 0. The number of rotatable bonds is 5. The predicted octanol–water partition coefficient (Wildman–Crippen LogP) is 3.84. The summed E-state index contributed by atoms with van der Waals surface area (Å²) < 4.78 is 4.80. The highest BCUT2D eigenvalue weighted by molar-refractivity contribution is 5.93. The average molecular weight is 451 g/mol. The highest BCUT2D eigenvalue weighted by Gasteiger charge is 2.25. The fourth-order valence-corrected chi connectivity index (χ4v) is 4.49. The van der Waals surface area contributed by atoms with Crippen LogP contribution >= 0.6 is 0 Å². The van der Waals surface area contributed by atoms with Crippen LogP contribution < -0.4 is 9.80 Å². The molecule has 2 aliphatic rings. The number of carbonyl (C=O) groups excluding carboxylic acids is 2. The summed E-state index contributed by atoms with van der Waals surface area (Å²) in [5.41, 5.74) is 3.53. The molecule has 0 radical (unpaired) electrons. The number of piperazine rings is 1. The van der Waals surface area contributed by atoms with E-state index in [4.69, 9.17) is 4.74 Å². The van der Waals surface area contributed by atoms with Crippen LogP contribution in [-0.2, 0) is 11.3 Å². The highest BCUT2D eigenvalue weighted by atomic mass is 16.5. The second kappa shape index (κ2) is 10.7. The van der Waals surface area contributed by atoms with Crippen molar-refractivity contribution in [1.82, 2.24) is 9.80 Å². The zero-order valence-electron chi connectivity index (χ0n) is 19.7. The standard InChI is InChI=1S/C26H34N4O3/c1-27-15-17-28(18-16-27)23-7-6-8-24(19-23)30(26(32)29-13-4-3-5-14-29)20-21-9-11-22(12-10-21)25(31)33-2/h6-12,19H,3-5,13-18,20H2,1-2H3. The van der Waals surface area contributed by atoms with Crippen molar-refractivity contribution in [1.29, 1.82) is 0 Å². The number of hydrogen-bond acceptors (Lipinski definition) is 5. The number of esters is 1. The third-order valence-corrected chi connectivity index (χ3v) is 6.58. The SMILES string of the molecule is COC(=O)c1ccc(CN(C(=O)N2CCCCC2)c2cccc(N3CCN(C)CC3)c2)cc1. The van der Waals surface area contributed by atoms with Gasteiger partial charge in [-0.25, -0.2) is 9.59 Å². The number of hydrogen-bond donors (Lipinski definition) is 0. The second-order valence-electron chi connectivity index (χ2n) is 8.92. The molecule has 2 heterocycles. The van der Waals surface area contributed by atoms with E-state index in [2.05, 4.69) is 29.0 Å². The Bertz CT molecular complexity index is 948. The summed E-state index contributed by atoms with van der Waals surface area (Å²) in [6.45, 7) is 6.08. The average Bonchev–Trinajstić information content (AvgIpc) is 2.88. The lowest BCUT2D eigenvalue weighted by Gasteiger charge is -2.36. The summed E-state index contributed by atoms with van der Waals surface area (Å²) in [5.74, 6) is -0.359. The Labute approximate surface area is 196 Å². The van der Waals surface area contributed by atoms with Gasteiger partial charge in [0.15, 0.2) is 0 Å². The number of anilines is 2. The Morgan fingerprint density at radius 2 is 1.61 bits per heavy atom. The molecule has 2 aromatic rings. The molecule has 0 atom stereocenters. The van der Waals surface area contributed by atoms with Crippen molar-refractivity contribution in [3.8, 4) is 0 Å². The van der Waals surface area contributed by atoms with Crippen molar-refractivity contribution in [2.75, 3.05) is 63.2 Å². The number of piperidine rings is 1. The number of ether oxygens (including phenoxy) is 1. The Morgan fingerprint density at radius 1 is 0.909 bits per heavy atom. The van der Waals surface area contributed by atoms with E-state index in [9.17, 15) is 9.59 Å². The number of likely N-dealkylation sites (N-methyl/N-ethyl adjacent to an activating group) is 1. The number of amides is 2. The molecule has 176 valence electrons.